The van der Waals surface area contributed by atoms with E-state index in [0.717, 1.165) is 19.4 Å². The molecule has 1 aliphatic carbocycles. The van der Waals surface area contributed by atoms with Gasteiger partial charge in [-0.1, -0.05) is 25.1 Å². The molecule has 1 aromatic rings. The minimum absolute atomic E-state index is 0.0399. The van der Waals surface area contributed by atoms with Gasteiger partial charge in [-0.15, -0.1) is 0 Å². The van der Waals surface area contributed by atoms with E-state index in [1.54, 1.807) is 18.2 Å². The molecule has 0 aliphatic heterocycles. The molecule has 4 heteroatoms. The molecule has 1 aromatic carbocycles. The molecule has 2 N–H and O–H groups in total. The SMILES string of the molecule is CC(CN(C)CC1CC(O)C1)C(O)c1ccccc1F. The fraction of sp³-hybridized carbons (Fsp3) is 0.625. The average Bonchev–Trinajstić information content (AvgIpc) is 2.36. The van der Waals surface area contributed by atoms with Gasteiger partial charge in [-0.2, -0.15) is 0 Å². The molecule has 1 fully saturated rings. The van der Waals surface area contributed by atoms with Gasteiger partial charge in [0.2, 0.25) is 0 Å². The fourth-order valence-corrected chi connectivity index (χ4v) is 2.98. The van der Waals surface area contributed by atoms with Gasteiger partial charge in [0.25, 0.3) is 0 Å². The van der Waals surface area contributed by atoms with Crippen LogP contribution in [0.1, 0.15) is 31.4 Å². The zero-order valence-electron chi connectivity index (χ0n) is 12.2. The third-order valence-electron chi connectivity index (χ3n) is 4.14. The molecule has 0 radical (unpaired) electrons. The summed E-state index contributed by atoms with van der Waals surface area (Å²) >= 11 is 0. The highest BCUT2D eigenvalue weighted by atomic mass is 19.1. The molecule has 0 spiro atoms. The van der Waals surface area contributed by atoms with Crippen molar-refractivity contribution in [2.45, 2.75) is 32.0 Å². The highest BCUT2D eigenvalue weighted by Gasteiger charge is 2.29. The van der Waals surface area contributed by atoms with Crippen LogP contribution < -0.4 is 0 Å². The fourth-order valence-electron chi connectivity index (χ4n) is 2.98. The molecule has 112 valence electrons. The Kier molecular flexibility index (Phi) is 5.13. The van der Waals surface area contributed by atoms with Crippen LogP contribution in [-0.4, -0.2) is 41.4 Å². The van der Waals surface area contributed by atoms with Crippen molar-refractivity contribution < 1.29 is 14.6 Å². The lowest BCUT2D eigenvalue weighted by molar-refractivity contribution is 0.0207. The van der Waals surface area contributed by atoms with E-state index >= 15 is 0 Å². The Balaban J connectivity index is 1.84. The molecule has 2 atom stereocenters. The van der Waals surface area contributed by atoms with Crippen molar-refractivity contribution in [2.75, 3.05) is 20.1 Å². The smallest absolute Gasteiger partial charge is 0.129 e. The van der Waals surface area contributed by atoms with E-state index in [1.165, 1.54) is 6.07 Å². The number of rotatable bonds is 6. The van der Waals surface area contributed by atoms with Crippen molar-refractivity contribution in [1.82, 2.24) is 4.90 Å². The molecule has 1 aliphatic rings. The predicted molar refractivity (Wildman–Crippen MR) is 76.8 cm³/mol. The normalized spacial score (nSPS) is 25.3. The monoisotopic (exact) mass is 281 g/mol. The van der Waals surface area contributed by atoms with E-state index in [-0.39, 0.29) is 17.8 Å². The standard InChI is InChI=1S/C16H24FNO2/c1-11(9-18(2)10-12-7-13(19)8-12)16(20)14-5-3-4-6-15(14)17/h3-6,11-13,16,19-20H,7-10H2,1-2H3. The largest absolute Gasteiger partial charge is 0.393 e. The summed E-state index contributed by atoms with van der Waals surface area (Å²) in [7, 11) is 2.01. The van der Waals surface area contributed by atoms with Crippen LogP contribution in [0.2, 0.25) is 0 Å². The van der Waals surface area contributed by atoms with Crippen LogP contribution in [-0.2, 0) is 0 Å². The van der Waals surface area contributed by atoms with Crippen molar-refractivity contribution in [3.63, 3.8) is 0 Å². The maximum Gasteiger partial charge on any atom is 0.129 e. The van der Waals surface area contributed by atoms with Crippen LogP contribution in [0.15, 0.2) is 24.3 Å². The molecule has 3 nitrogen and oxygen atoms in total. The number of nitrogens with zero attached hydrogens (tertiary/aromatic N) is 1. The molecule has 2 unspecified atom stereocenters. The third-order valence-corrected chi connectivity index (χ3v) is 4.14. The highest BCUT2D eigenvalue weighted by Crippen LogP contribution is 2.29. The Labute approximate surface area is 120 Å². The lowest BCUT2D eigenvalue weighted by Gasteiger charge is -2.35. The van der Waals surface area contributed by atoms with Crippen LogP contribution in [0.3, 0.4) is 0 Å². The van der Waals surface area contributed by atoms with Crippen LogP contribution in [0.5, 0.6) is 0 Å². The first kappa shape index (κ1) is 15.4. The van der Waals surface area contributed by atoms with Crippen molar-refractivity contribution in [3.05, 3.63) is 35.6 Å². The van der Waals surface area contributed by atoms with Crippen molar-refractivity contribution in [3.8, 4) is 0 Å². The summed E-state index contributed by atoms with van der Waals surface area (Å²) in [4.78, 5) is 2.16. The van der Waals surface area contributed by atoms with Gasteiger partial charge in [0.1, 0.15) is 5.82 Å². The minimum atomic E-state index is -0.786. The van der Waals surface area contributed by atoms with E-state index in [1.807, 2.05) is 14.0 Å². The second kappa shape index (κ2) is 6.66. The van der Waals surface area contributed by atoms with Gasteiger partial charge >= 0.3 is 0 Å². The van der Waals surface area contributed by atoms with Crippen molar-refractivity contribution >= 4 is 0 Å². The molecular formula is C16H24FNO2. The van der Waals surface area contributed by atoms with Gasteiger partial charge < -0.3 is 15.1 Å². The molecule has 0 aromatic heterocycles. The summed E-state index contributed by atoms with van der Waals surface area (Å²) in [6.45, 7) is 3.57. The molecule has 20 heavy (non-hydrogen) atoms. The zero-order valence-corrected chi connectivity index (χ0v) is 12.2. The van der Waals surface area contributed by atoms with Gasteiger partial charge in [0, 0.05) is 18.7 Å². The van der Waals surface area contributed by atoms with E-state index in [4.69, 9.17) is 0 Å². The van der Waals surface area contributed by atoms with Gasteiger partial charge in [-0.25, -0.2) is 4.39 Å². The summed E-state index contributed by atoms with van der Waals surface area (Å²) in [5.74, 6) is 0.159. The Hall–Kier alpha value is -0.970. The number of aliphatic hydroxyl groups excluding tert-OH is 2. The maximum atomic E-state index is 13.7. The molecule has 0 saturated heterocycles. The molecule has 2 rings (SSSR count). The van der Waals surface area contributed by atoms with E-state index in [9.17, 15) is 14.6 Å². The Morgan fingerprint density at radius 1 is 1.35 bits per heavy atom. The predicted octanol–water partition coefficient (Wildman–Crippen LogP) is 2.20. The van der Waals surface area contributed by atoms with Crippen LogP contribution >= 0.6 is 0 Å². The quantitative estimate of drug-likeness (QED) is 0.840. The van der Waals surface area contributed by atoms with Crippen LogP contribution in [0, 0.1) is 17.7 Å². The number of aliphatic hydroxyl groups is 2. The third kappa shape index (κ3) is 3.78. The first-order valence-electron chi connectivity index (χ1n) is 7.26. The van der Waals surface area contributed by atoms with Gasteiger partial charge in [0.15, 0.2) is 0 Å². The molecule has 0 amide bonds. The van der Waals surface area contributed by atoms with E-state index in [0.29, 0.717) is 18.0 Å². The summed E-state index contributed by atoms with van der Waals surface area (Å²) in [5.41, 5.74) is 0.368. The van der Waals surface area contributed by atoms with Crippen LogP contribution in [0.25, 0.3) is 0 Å². The van der Waals surface area contributed by atoms with Gasteiger partial charge in [0.05, 0.1) is 12.2 Å². The minimum Gasteiger partial charge on any atom is -0.393 e. The molecule has 0 bridgehead atoms. The number of benzene rings is 1. The van der Waals surface area contributed by atoms with Crippen molar-refractivity contribution in [2.24, 2.45) is 11.8 Å². The summed E-state index contributed by atoms with van der Waals surface area (Å²) in [6.07, 6.45) is 0.823. The lowest BCUT2D eigenvalue weighted by atomic mass is 9.82. The van der Waals surface area contributed by atoms with E-state index < -0.39 is 6.10 Å². The Morgan fingerprint density at radius 3 is 2.60 bits per heavy atom. The summed E-state index contributed by atoms with van der Waals surface area (Å²) in [5, 5.41) is 19.5. The van der Waals surface area contributed by atoms with E-state index in [2.05, 4.69) is 4.90 Å². The number of hydrogen-bond donors (Lipinski definition) is 2. The zero-order chi connectivity index (χ0) is 14.7. The molecular weight excluding hydrogens is 257 g/mol. The number of halogens is 1. The maximum absolute atomic E-state index is 13.7. The summed E-state index contributed by atoms with van der Waals surface area (Å²) < 4.78 is 13.7. The first-order valence-corrected chi connectivity index (χ1v) is 7.26. The van der Waals surface area contributed by atoms with Gasteiger partial charge in [-0.3, -0.25) is 0 Å². The molecule has 0 heterocycles. The topological polar surface area (TPSA) is 43.7 Å². The second-order valence-electron chi connectivity index (χ2n) is 6.16. The van der Waals surface area contributed by atoms with Gasteiger partial charge in [-0.05, 0) is 37.8 Å². The number of hydrogen-bond acceptors (Lipinski definition) is 3. The van der Waals surface area contributed by atoms with Crippen molar-refractivity contribution in [1.29, 1.82) is 0 Å². The summed E-state index contributed by atoms with van der Waals surface area (Å²) in [6, 6.07) is 6.39. The Morgan fingerprint density at radius 2 is 2.00 bits per heavy atom. The Bertz CT molecular complexity index is 434. The highest BCUT2D eigenvalue weighted by molar-refractivity contribution is 5.20. The van der Waals surface area contributed by atoms with Crippen LogP contribution in [0.4, 0.5) is 4.39 Å². The lowest BCUT2D eigenvalue weighted by Crippen LogP contribution is -2.39. The average molecular weight is 281 g/mol. The second-order valence-corrected chi connectivity index (χ2v) is 6.16. The molecule has 1 saturated carbocycles. The first-order chi connectivity index (χ1) is 9.47.